The van der Waals surface area contributed by atoms with Gasteiger partial charge in [-0.25, -0.2) is 4.98 Å². The van der Waals surface area contributed by atoms with Gasteiger partial charge in [0.2, 0.25) is 0 Å². The van der Waals surface area contributed by atoms with E-state index in [0.29, 0.717) is 52.4 Å². The van der Waals surface area contributed by atoms with Gasteiger partial charge >= 0.3 is 0 Å². The number of hydrogen-bond acceptors (Lipinski definition) is 10. The van der Waals surface area contributed by atoms with Crippen molar-refractivity contribution in [3.63, 3.8) is 0 Å². The molecule has 1 amide bonds. The Bertz CT molecular complexity index is 1000. The Morgan fingerprint density at radius 2 is 2.13 bits per heavy atom. The van der Waals surface area contributed by atoms with Crippen molar-refractivity contribution < 1.29 is 19.4 Å². The molecule has 1 aromatic heterocycles. The number of aldehydes is 1. The third-order valence-corrected chi connectivity index (χ3v) is 7.26. The lowest BCUT2D eigenvalue weighted by atomic mass is 10.1. The highest BCUT2D eigenvalue weighted by Crippen LogP contribution is 2.41. The lowest BCUT2D eigenvalue weighted by Gasteiger charge is -2.26. The maximum absolute atomic E-state index is 12.6. The first-order chi connectivity index (χ1) is 14.9. The summed E-state index contributed by atoms with van der Waals surface area (Å²) in [6.45, 7) is 6.07. The van der Waals surface area contributed by atoms with Crippen LogP contribution in [0, 0.1) is 0 Å². The molecule has 0 bridgehead atoms. The number of rotatable bonds is 8. The molecule has 3 rings (SSSR count). The van der Waals surface area contributed by atoms with E-state index in [-0.39, 0.29) is 23.0 Å². The van der Waals surface area contributed by atoms with Crippen molar-refractivity contribution in [2.24, 2.45) is 5.73 Å². The molecule has 2 aromatic rings. The van der Waals surface area contributed by atoms with Crippen LogP contribution in [-0.2, 0) is 9.53 Å². The van der Waals surface area contributed by atoms with E-state index in [0.717, 1.165) is 19.6 Å². The van der Waals surface area contributed by atoms with Crippen molar-refractivity contribution in [1.29, 1.82) is 0 Å². The van der Waals surface area contributed by atoms with Crippen LogP contribution in [-0.4, -0.2) is 66.6 Å². The van der Waals surface area contributed by atoms with Crippen LogP contribution < -0.4 is 16.8 Å². The zero-order valence-electron chi connectivity index (χ0n) is 17.1. The Morgan fingerprint density at radius 3 is 2.81 bits per heavy atom. The lowest BCUT2D eigenvalue weighted by molar-refractivity contribution is -0.116. The Labute approximate surface area is 188 Å². The minimum absolute atomic E-state index is 0.0893. The Kier molecular flexibility index (Phi) is 8.02. The molecule has 1 aliphatic rings. The number of phenolic OH excluding ortho intramolecular Hbond substituents is 1. The van der Waals surface area contributed by atoms with E-state index in [9.17, 15) is 14.7 Å². The summed E-state index contributed by atoms with van der Waals surface area (Å²) >= 11 is 0. The average molecular weight is 464 g/mol. The molecule has 0 radical (unpaired) electrons. The summed E-state index contributed by atoms with van der Waals surface area (Å²) in [5.74, 6) is -0.200. The fraction of sp³-hybridized carbons (Fsp3) is 0.350. The standard InChI is InChI=1S/C20H25N5O4S2/c1-12(21)18(20(28)23-4-5-25-6-8-29-9-7-25)31-30-16-10-13-2-3-15(27)14(11-26)17(13)24-19(16)22/h2-3,10-11,27H,4-9,21H2,1H3,(H2,22,24)(H,23,28)/b18-12-. The molecule has 2 heterocycles. The number of aromatic nitrogens is 1. The highest BCUT2D eigenvalue weighted by atomic mass is 33.1. The molecule has 1 aromatic carbocycles. The topological polar surface area (TPSA) is 144 Å². The number of nitrogen functional groups attached to an aromatic ring is 1. The van der Waals surface area contributed by atoms with Crippen molar-refractivity contribution in [1.82, 2.24) is 15.2 Å². The fourth-order valence-corrected chi connectivity index (χ4v) is 5.33. The number of nitrogens with one attached hydrogen (secondary N) is 1. The molecular formula is C20H25N5O4S2. The van der Waals surface area contributed by atoms with Crippen LogP contribution in [0.2, 0.25) is 0 Å². The van der Waals surface area contributed by atoms with E-state index in [4.69, 9.17) is 16.2 Å². The van der Waals surface area contributed by atoms with Gasteiger partial charge in [0.15, 0.2) is 6.29 Å². The molecule has 31 heavy (non-hydrogen) atoms. The van der Waals surface area contributed by atoms with E-state index in [1.807, 2.05) is 0 Å². The number of morpholine rings is 1. The monoisotopic (exact) mass is 463 g/mol. The second-order valence-electron chi connectivity index (χ2n) is 6.95. The quantitative estimate of drug-likeness (QED) is 0.259. The number of hydrogen-bond donors (Lipinski definition) is 4. The number of amides is 1. The molecule has 1 fully saturated rings. The number of phenols is 1. The van der Waals surface area contributed by atoms with E-state index in [1.54, 1.807) is 19.1 Å². The molecule has 0 aliphatic carbocycles. The normalized spacial score (nSPS) is 15.5. The smallest absolute Gasteiger partial charge is 0.260 e. The Hall–Kier alpha value is -2.47. The Balaban J connectivity index is 1.65. The number of ether oxygens (including phenoxy) is 1. The van der Waals surface area contributed by atoms with Crippen molar-refractivity contribution in [2.45, 2.75) is 11.8 Å². The number of benzene rings is 1. The van der Waals surface area contributed by atoms with Crippen LogP contribution in [0.1, 0.15) is 17.3 Å². The van der Waals surface area contributed by atoms with E-state index < -0.39 is 0 Å². The number of fused-ring (bicyclic) bond motifs is 1. The zero-order valence-corrected chi connectivity index (χ0v) is 18.7. The van der Waals surface area contributed by atoms with E-state index in [1.165, 1.54) is 27.7 Å². The number of carbonyl (C=O) groups excluding carboxylic acids is 2. The minimum Gasteiger partial charge on any atom is -0.507 e. The second kappa shape index (κ2) is 10.7. The van der Waals surface area contributed by atoms with Gasteiger partial charge in [-0.15, -0.1) is 0 Å². The van der Waals surface area contributed by atoms with Gasteiger partial charge in [0.25, 0.3) is 5.91 Å². The average Bonchev–Trinajstić information content (AvgIpc) is 2.75. The maximum atomic E-state index is 12.6. The van der Waals surface area contributed by atoms with Crippen molar-refractivity contribution in [2.75, 3.05) is 45.1 Å². The fourth-order valence-electron chi connectivity index (χ4n) is 3.03. The van der Waals surface area contributed by atoms with Gasteiger partial charge in [-0.05, 0) is 46.7 Å². The molecule has 1 saturated heterocycles. The number of anilines is 1. The lowest BCUT2D eigenvalue weighted by Crippen LogP contribution is -2.41. The number of nitrogens with zero attached hydrogens (tertiary/aromatic N) is 2. The van der Waals surface area contributed by atoms with Crippen LogP contribution in [0.15, 0.2) is 33.7 Å². The van der Waals surface area contributed by atoms with Gasteiger partial charge in [0.1, 0.15) is 16.5 Å². The molecular weight excluding hydrogens is 438 g/mol. The van der Waals surface area contributed by atoms with Gasteiger partial charge in [-0.3, -0.25) is 14.5 Å². The van der Waals surface area contributed by atoms with Gasteiger partial charge in [0.05, 0.1) is 29.2 Å². The highest BCUT2D eigenvalue weighted by molar-refractivity contribution is 8.78. The number of nitrogens with two attached hydrogens (primary N) is 2. The van der Waals surface area contributed by atoms with E-state index >= 15 is 0 Å². The van der Waals surface area contributed by atoms with Crippen molar-refractivity contribution in [3.8, 4) is 5.75 Å². The first-order valence-corrected chi connectivity index (χ1v) is 11.8. The molecule has 0 spiro atoms. The molecule has 166 valence electrons. The summed E-state index contributed by atoms with van der Waals surface area (Å²) < 4.78 is 5.32. The molecule has 0 unspecified atom stereocenters. The van der Waals surface area contributed by atoms with Crippen molar-refractivity contribution >= 4 is 50.5 Å². The maximum Gasteiger partial charge on any atom is 0.260 e. The van der Waals surface area contributed by atoms with Gasteiger partial charge in [-0.1, -0.05) is 0 Å². The third kappa shape index (κ3) is 5.82. The van der Waals surface area contributed by atoms with Crippen LogP contribution in [0.5, 0.6) is 5.75 Å². The minimum atomic E-state index is -0.244. The van der Waals surface area contributed by atoms with Crippen LogP contribution >= 0.6 is 21.6 Å². The summed E-state index contributed by atoms with van der Waals surface area (Å²) in [6.07, 6.45) is 0.547. The summed E-state index contributed by atoms with van der Waals surface area (Å²) in [5.41, 5.74) is 12.8. The SMILES string of the molecule is C/C(N)=C(/SSc1cc2ccc(O)c(C=O)c2nc1N)C(=O)NCCN1CCOCC1. The van der Waals surface area contributed by atoms with Crippen LogP contribution in [0.3, 0.4) is 0 Å². The van der Waals surface area contributed by atoms with E-state index in [2.05, 4.69) is 15.2 Å². The number of allylic oxidation sites excluding steroid dienone is 1. The predicted molar refractivity (Wildman–Crippen MR) is 124 cm³/mol. The van der Waals surface area contributed by atoms with Gasteiger partial charge in [-0.2, -0.15) is 0 Å². The first-order valence-electron chi connectivity index (χ1n) is 9.67. The largest absolute Gasteiger partial charge is 0.507 e. The molecule has 9 nitrogen and oxygen atoms in total. The molecule has 11 heteroatoms. The zero-order chi connectivity index (χ0) is 22.4. The van der Waals surface area contributed by atoms with Crippen LogP contribution in [0.25, 0.3) is 10.9 Å². The van der Waals surface area contributed by atoms with Gasteiger partial charge < -0.3 is 26.6 Å². The third-order valence-electron chi connectivity index (χ3n) is 4.71. The summed E-state index contributed by atoms with van der Waals surface area (Å²) in [6, 6.07) is 4.85. The summed E-state index contributed by atoms with van der Waals surface area (Å²) in [4.78, 5) is 31.4. The second-order valence-corrected chi connectivity index (χ2v) is 9.13. The number of aromatic hydroxyl groups is 1. The Morgan fingerprint density at radius 1 is 1.39 bits per heavy atom. The van der Waals surface area contributed by atoms with Gasteiger partial charge in [0, 0.05) is 37.3 Å². The first kappa shape index (κ1) is 23.2. The molecule has 0 atom stereocenters. The molecule has 0 saturated carbocycles. The summed E-state index contributed by atoms with van der Waals surface area (Å²) in [5, 5.41) is 13.4. The molecule has 1 aliphatic heterocycles. The van der Waals surface area contributed by atoms with Crippen molar-refractivity contribution in [3.05, 3.63) is 34.4 Å². The predicted octanol–water partition coefficient (Wildman–Crippen LogP) is 1.71. The number of pyridine rings is 1. The summed E-state index contributed by atoms with van der Waals surface area (Å²) in [7, 11) is 2.46. The highest BCUT2D eigenvalue weighted by Gasteiger charge is 2.17. The molecule has 6 N–H and O–H groups in total. The number of carbonyl (C=O) groups is 2. The van der Waals surface area contributed by atoms with Crippen LogP contribution in [0.4, 0.5) is 5.82 Å².